The first-order chi connectivity index (χ1) is 8.92. The zero-order valence-electron chi connectivity index (χ0n) is 9.33. The second-order valence-corrected chi connectivity index (χ2v) is 4.03. The molecule has 0 atom stereocenters. The van der Waals surface area contributed by atoms with Gasteiger partial charge in [0.15, 0.2) is 11.2 Å². The fraction of sp³-hybridized carbons (Fsp3) is 0. The minimum atomic E-state index is 0.588. The maximum Gasteiger partial charge on any atom is 0.228 e. The maximum atomic E-state index is 5.75. The number of benzene rings is 2. The normalized spacial score (nSPS) is 11.3. The molecule has 0 saturated heterocycles. The van der Waals surface area contributed by atoms with Crippen LogP contribution in [0.1, 0.15) is 0 Å². The Morgan fingerprint density at radius 3 is 2.72 bits per heavy atom. The van der Waals surface area contributed by atoms with Crippen molar-refractivity contribution < 1.29 is 8.94 Å². The van der Waals surface area contributed by atoms with Crippen LogP contribution in [0.5, 0.6) is 0 Å². The van der Waals surface area contributed by atoms with E-state index < -0.39 is 0 Å². The molecule has 18 heavy (non-hydrogen) atoms. The summed E-state index contributed by atoms with van der Waals surface area (Å²) in [6.45, 7) is 0. The third-order valence-electron chi connectivity index (χ3n) is 2.92. The Kier molecular flexibility index (Phi) is 1.80. The van der Waals surface area contributed by atoms with Crippen LogP contribution in [-0.2, 0) is 0 Å². The van der Waals surface area contributed by atoms with E-state index in [1.807, 2.05) is 42.5 Å². The first-order valence-corrected chi connectivity index (χ1v) is 5.61. The Labute approximate surface area is 102 Å². The van der Waals surface area contributed by atoms with E-state index in [9.17, 15) is 0 Å². The number of rotatable bonds is 1. The van der Waals surface area contributed by atoms with Crippen LogP contribution in [-0.4, -0.2) is 10.1 Å². The van der Waals surface area contributed by atoms with Gasteiger partial charge in [-0.2, -0.15) is 0 Å². The molecule has 0 aliphatic carbocycles. The molecule has 4 heteroatoms. The van der Waals surface area contributed by atoms with Crippen LogP contribution in [0.15, 0.2) is 57.6 Å². The molecule has 0 unspecified atom stereocenters. The topological polar surface area (TPSA) is 52.1 Å². The van der Waals surface area contributed by atoms with Crippen LogP contribution in [0.4, 0.5) is 0 Å². The highest BCUT2D eigenvalue weighted by atomic mass is 16.5. The molecule has 0 radical (unpaired) electrons. The molecule has 86 valence electrons. The fourth-order valence-electron chi connectivity index (χ4n) is 2.07. The molecular formula is C14H8N2O2. The number of aromatic nitrogens is 2. The van der Waals surface area contributed by atoms with Crippen molar-refractivity contribution >= 4 is 22.1 Å². The third-order valence-corrected chi connectivity index (χ3v) is 2.92. The largest absolute Gasteiger partial charge is 0.436 e. The van der Waals surface area contributed by atoms with Gasteiger partial charge in [-0.05, 0) is 24.3 Å². The van der Waals surface area contributed by atoms with Crippen molar-refractivity contribution in [2.75, 3.05) is 0 Å². The summed E-state index contributed by atoms with van der Waals surface area (Å²) in [5.41, 5.74) is 3.25. The van der Waals surface area contributed by atoms with Crippen LogP contribution in [0.3, 0.4) is 0 Å². The van der Waals surface area contributed by atoms with Crippen LogP contribution in [0.25, 0.3) is 33.5 Å². The van der Waals surface area contributed by atoms with Crippen LogP contribution < -0.4 is 0 Å². The zero-order chi connectivity index (χ0) is 11.9. The van der Waals surface area contributed by atoms with Crippen molar-refractivity contribution in [3.8, 4) is 11.5 Å². The number of oxazole rings is 1. The summed E-state index contributed by atoms with van der Waals surface area (Å²) in [5, 5.41) is 4.70. The molecule has 0 aliphatic rings. The Morgan fingerprint density at radius 1 is 0.889 bits per heavy atom. The van der Waals surface area contributed by atoms with Gasteiger partial charge in [-0.15, -0.1) is 0 Å². The predicted octanol–water partition coefficient (Wildman–Crippen LogP) is 3.64. The quantitative estimate of drug-likeness (QED) is 0.506. The molecule has 0 aliphatic heterocycles. The van der Waals surface area contributed by atoms with E-state index in [0.717, 1.165) is 27.6 Å². The lowest BCUT2D eigenvalue weighted by Gasteiger charge is -1.94. The average molecular weight is 236 g/mol. The van der Waals surface area contributed by atoms with Gasteiger partial charge >= 0.3 is 0 Å². The molecule has 4 nitrogen and oxygen atoms in total. The van der Waals surface area contributed by atoms with E-state index in [1.165, 1.54) is 0 Å². The van der Waals surface area contributed by atoms with Gasteiger partial charge in [0.05, 0.1) is 11.6 Å². The molecule has 4 aromatic rings. The first kappa shape index (κ1) is 9.41. The van der Waals surface area contributed by atoms with Crippen molar-refractivity contribution in [2.24, 2.45) is 0 Å². The van der Waals surface area contributed by atoms with E-state index >= 15 is 0 Å². The SMILES string of the molecule is c1ccc2oc(-c3cccc4oncc34)nc2c1. The summed E-state index contributed by atoms with van der Waals surface area (Å²) in [5.74, 6) is 0.588. The lowest BCUT2D eigenvalue weighted by molar-refractivity contribution is 0.456. The second-order valence-electron chi connectivity index (χ2n) is 4.03. The Bertz CT molecular complexity index is 812. The average Bonchev–Trinajstić information content (AvgIpc) is 3.04. The van der Waals surface area contributed by atoms with Crippen molar-refractivity contribution in [3.05, 3.63) is 48.7 Å². The molecule has 2 heterocycles. The minimum Gasteiger partial charge on any atom is -0.436 e. The minimum absolute atomic E-state index is 0.588. The predicted molar refractivity (Wildman–Crippen MR) is 67.0 cm³/mol. The summed E-state index contributed by atoms with van der Waals surface area (Å²) in [6, 6.07) is 13.4. The first-order valence-electron chi connectivity index (χ1n) is 5.61. The molecule has 2 aromatic heterocycles. The standard InChI is InChI=1S/C14H8N2O2/c1-2-6-13-11(5-1)16-14(17-13)9-4-3-7-12-10(9)8-15-18-12/h1-8H. The van der Waals surface area contributed by atoms with Crippen LogP contribution in [0, 0.1) is 0 Å². The second kappa shape index (κ2) is 3.43. The molecule has 0 N–H and O–H groups in total. The fourth-order valence-corrected chi connectivity index (χ4v) is 2.07. The van der Waals surface area contributed by atoms with Gasteiger partial charge in [0.25, 0.3) is 0 Å². The van der Waals surface area contributed by atoms with Gasteiger partial charge in [-0.1, -0.05) is 23.4 Å². The lowest BCUT2D eigenvalue weighted by Crippen LogP contribution is -1.77. The Morgan fingerprint density at radius 2 is 1.78 bits per heavy atom. The van der Waals surface area contributed by atoms with E-state index in [1.54, 1.807) is 6.20 Å². The smallest absolute Gasteiger partial charge is 0.228 e. The molecule has 4 rings (SSSR count). The highest BCUT2D eigenvalue weighted by molar-refractivity contribution is 5.92. The maximum absolute atomic E-state index is 5.75. The molecule has 0 amide bonds. The number of nitrogens with zero attached hydrogens (tertiary/aromatic N) is 2. The van der Waals surface area contributed by atoms with Gasteiger partial charge in [0.1, 0.15) is 5.52 Å². The number of para-hydroxylation sites is 2. The van der Waals surface area contributed by atoms with E-state index in [4.69, 9.17) is 8.94 Å². The Balaban J connectivity index is 2.04. The summed E-state index contributed by atoms with van der Waals surface area (Å²) < 4.78 is 10.9. The number of fused-ring (bicyclic) bond motifs is 2. The van der Waals surface area contributed by atoms with Crippen molar-refractivity contribution in [1.29, 1.82) is 0 Å². The van der Waals surface area contributed by atoms with Crippen molar-refractivity contribution in [2.45, 2.75) is 0 Å². The third kappa shape index (κ3) is 1.26. The highest BCUT2D eigenvalue weighted by Crippen LogP contribution is 2.30. The molecular weight excluding hydrogens is 228 g/mol. The van der Waals surface area contributed by atoms with E-state index in [2.05, 4.69) is 10.1 Å². The van der Waals surface area contributed by atoms with Crippen LogP contribution in [0.2, 0.25) is 0 Å². The zero-order valence-corrected chi connectivity index (χ0v) is 9.33. The number of hydrogen-bond acceptors (Lipinski definition) is 4. The van der Waals surface area contributed by atoms with E-state index in [0.29, 0.717) is 5.89 Å². The van der Waals surface area contributed by atoms with Crippen molar-refractivity contribution in [1.82, 2.24) is 10.1 Å². The van der Waals surface area contributed by atoms with Crippen molar-refractivity contribution in [3.63, 3.8) is 0 Å². The molecule has 0 saturated carbocycles. The highest BCUT2D eigenvalue weighted by Gasteiger charge is 2.12. The molecule has 0 spiro atoms. The summed E-state index contributed by atoms with van der Waals surface area (Å²) in [7, 11) is 0. The van der Waals surface area contributed by atoms with Gasteiger partial charge < -0.3 is 8.94 Å². The lowest BCUT2D eigenvalue weighted by atomic mass is 10.1. The summed E-state index contributed by atoms with van der Waals surface area (Å²) in [4.78, 5) is 4.48. The molecule has 0 bridgehead atoms. The van der Waals surface area contributed by atoms with E-state index in [-0.39, 0.29) is 0 Å². The number of hydrogen-bond donors (Lipinski definition) is 0. The van der Waals surface area contributed by atoms with Gasteiger partial charge in [-0.3, -0.25) is 0 Å². The monoisotopic (exact) mass is 236 g/mol. The van der Waals surface area contributed by atoms with Gasteiger partial charge in [-0.25, -0.2) is 4.98 Å². The summed E-state index contributed by atoms with van der Waals surface area (Å²) in [6.07, 6.45) is 1.68. The summed E-state index contributed by atoms with van der Waals surface area (Å²) >= 11 is 0. The van der Waals surface area contributed by atoms with Crippen LogP contribution >= 0.6 is 0 Å². The molecule has 0 fully saturated rings. The Hall–Kier alpha value is -2.62. The molecule has 2 aromatic carbocycles. The van der Waals surface area contributed by atoms with Gasteiger partial charge in [0, 0.05) is 5.56 Å². The van der Waals surface area contributed by atoms with Gasteiger partial charge in [0.2, 0.25) is 5.89 Å².